The van der Waals surface area contributed by atoms with Crippen LogP contribution in [0.5, 0.6) is 5.75 Å². The fourth-order valence-corrected chi connectivity index (χ4v) is 1.50. The summed E-state index contributed by atoms with van der Waals surface area (Å²) in [4.78, 5) is 10.3. The number of nitrogen functional groups attached to an aromatic ring is 1. The molecule has 7 heteroatoms. The van der Waals surface area contributed by atoms with Crippen molar-refractivity contribution in [3.05, 3.63) is 34.4 Å². The highest BCUT2D eigenvalue weighted by Crippen LogP contribution is 2.37. The van der Waals surface area contributed by atoms with Crippen LogP contribution >= 0.6 is 0 Å². The highest BCUT2D eigenvalue weighted by molar-refractivity contribution is 5.73. The summed E-state index contributed by atoms with van der Waals surface area (Å²) in [6.45, 7) is 0. The van der Waals surface area contributed by atoms with Crippen molar-refractivity contribution >= 4 is 11.6 Å². The number of nitrogens with zero attached hydrogens (tertiary/aromatic N) is 2. The van der Waals surface area contributed by atoms with Gasteiger partial charge in [-0.05, 0) is 6.07 Å². The number of anilines is 1. The second kappa shape index (κ2) is 4.12. The highest BCUT2D eigenvalue weighted by Gasteiger charge is 2.20. The van der Waals surface area contributed by atoms with Gasteiger partial charge in [-0.25, -0.2) is 0 Å². The maximum absolute atomic E-state index is 10.8. The molecule has 0 fully saturated rings. The van der Waals surface area contributed by atoms with Crippen LogP contribution in [0.3, 0.4) is 0 Å². The minimum Gasteiger partial charge on any atom is -0.490 e. The van der Waals surface area contributed by atoms with Crippen molar-refractivity contribution < 1.29 is 14.2 Å². The number of benzene rings is 1. The Hall–Kier alpha value is -2.57. The minimum atomic E-state index is -0.522. The molecule has 0 bridgehead atoms. The molecule has 1 aromatic carbocycles. The van der Waals surface area contributed by atoms with E-state index in [9.17, 15) is 10.1 Å². The van der Waals surface area contributed by atoms with E-state index in [-0.39, 0.29) is 17.3 Å². The molecule has 2 rings (SSSR count). The number of rotatable bonds is 3. The predicted molar refractivity (Wildman–Crippen MR) is 59.6 cm³/mol. The second-order valence-electron chi connectivity index (χ2n) is 3.23. The summed E-state index contributed by atoms with van der Waals surface area (Å²) >= 11 is 0. The first-order valence-electron chi connectivity index (χ1n) is 4.67. The van der Waals surface area contributed by atoms with Crippen molar-refractivity contribution in [2.45, 2.75) is 0 Å². The quantitative estimate of drug-likeness (QED) is 0.642. The minimum absolute atomic E-state index is 0.130. The van der Waals surface area contributed by atoms with Crippen LogP contribution in [0.25, 0.3) is 11.3 Å². The zero-order chi connectivity index (χ0) is 12.4. The van der Waals surface area contributed by atoms with Crippen LogP contribution in [0.15, 0.2) is 28.8 Å². The van der Waals surface area contributed by atoms with Crippen LogP contribution in [0.1, 0.15) is 0 Å². The van der Waals surface area contributed by atoms with Crippen LogP contribution in [0.4, 0.5) is 11.6 Å². The Morgan fingerprint density at radius 1 is 1.53 bits per heavy atom. The first-order valence-corrected chi connectivity index (χ1v) is 4.67. The van der Waals surface area contributed by atoms with Gasteiger partial charge in [-0.2, -0.15) is 0 Å². The third kappa shape index (κ3) is 1.89. The number of nitro benzene ring substituents is 1. The van der Waals surface area contributed by atoms with Crippen LogP contribution in [-0.4, -0.2) is 17.2 Å². The number of hydrogen-bond acceptors (Lipinski definition) is 6. The lowest BCUT2D eigenvalue weighted by molar-refractivity contribution is -0.385. The Morgan fingerprint density at radius 3 is 2.82 bits per heavy atom. The highest BCUT2D eigenvalue weighted by atomic mass is 16.6. The van der Waals surface area contributed by atoms with E-state index in [2.05, 4.69) is 5.16 Å². The predicted octanol–water partition coefficient (Wildman–Crippen LogP) is 1.84. The van der Waals surface area contributed by atoms with Gasteiger partial charge in [-0.15, -0.1) is 0 Å². The molecular formula is C10H9N3O4. The van der Waals surface area contributed by atoms with Gasteiger partial charge in [0, 0.05) is 12.1 Å². The zero-order valence-electron chi connectivity index (χ0n) is 8.91. The Labute approximate surface area is 95.9 Å². The Morgan fingerprint density at radius 2 is 2.29 bits per heavy atom. The van der Waals surface area contributed by atoms with Crippen LogP contribution in [0.2, 0.25) is 0 Å². The molecule has 1 aromatic heterocycles. The second-order valence-corrected chi connectivity index (χ2v) is 3.23. The van der Waals surface area contributed by atoms with Gasteiger partial charge in [-0.1, -0.05) is 11.2 Å². The molecule has 0 spiro atoms. The molecule has 0 aliphatic heterocycles. The fourth-order valence-electron chi connectivity index (χ4n) is 1.50. The molecule has 88 valence electrons. The molecule has 0 amide bonds. The molecule has 0 aliphatic rings. The van der Waals surface area contributed by atoms with Crippen molar-refractivity contribution in [2.24, 2.45) is 0 Å². The maximum atomic E-state index is 10.8. The zero-order valence-corrected chi connectivity index (χ0v) is 8.91. The van der Waals surface area contributed by atoms with Gasteiger partial charge in [0.25, 0.3) is 0 Å². The van der Waals surface area contributed by atoms with E-state index in [4.69, 9.17) is 15.0 Å². The van der Waals surface area contributed by atoms with Gasteiger partial charge in [0.05, 0.1) is 17.6 Å². The van der Waals surface area contributed by atoms with E-state index < -0.39 is 4.92 Å². The summed E-state index contributed by atoms with van der Waals surface area (Å²) in [5, 5.41) is 14.5. The summed E-state index contributed by atoms with van der Waals surface area (Å²) < 4.78 is 9.76. The van der Waals surface area contributed by atoms with E-state index in [1.807, 2.05) is 0 Å². The Bertz CT molecular complexity index is 564. The molecule has 0 saturated carbocycles. The van der Waals surface area contributed by atoms with E-state index in [0.717, 1.165) is 0 Å². The fraction of sp³-hybridized carbons (Fsp3) is 0.100. The van der Waals surface area contributed by atoms with Crippen LogP contribution in [-0.2, 0) is 0 Å². The first-order chi connectivity index (χ1) is 8.13. The summed E-state index contributed by atoms with van der Waals surface area (Å²) in [6.07, 6.45) is 0. The smallest absolute Gasteiger partial charge is 0.311 e. The van der Waals surface area contributed by atoms with E-state index in [1.54, 1.807) is 12.1 Å². The lowest BCUT2D eigenvalue weighted by Crippen LogP contribution is -1.95. The standard InChI is InChI=1S/C10H9N3O4/c1-16-10-6(7-5-9(11)17-12-7)3-2-4-8(10)13(14)15/h2-5H,11H2,1H3. The SMILES string of the molecule is COc1c(-c2cc(N)on2)cccc1[N+](=O)[O-]. The van der Waals surface area contributed by atoms with Crippen LogP contribution < -0.4 is 10.5 Å². The van der Waals surface area contributed by atoms with Gasteiger partial charge in [-0.3, -0.25) is 10.1 Å². The summed E-state index contributed by atoms with van der Waals surface area (Å²) in [7, 11) is 1.36. The van der Waals surface area contributed by atoms with Crippen LogP contribution in [0, 0.1) is 10.1 Å². The maximum Gasteiger partial charge on any atom is 0.311 e. The molecule has 17 heavy (non-hydrogen) atoms. The number of nitro groups is 1. The normalized spacial score (nSPS) is 10.2. The van der Waals surface area contributed by atoms with Gasteiger partial charge in [0.15, 0.2) is 0 Å². The number of ether oxygens (including phenoxy) is 1. The molecule has 2 aromatic rings. The summed E-state index contributed by atoms with van der Waals surface area (Å²) in [6, 6.07) is 6.01. The monoisotopic (exact) mass is 235 g/mol. The number of aromatic nitrogens is 1. The third-order valence-electron chi connectivity index (χ3n) is 2.20. The average molecular weight is 235 g/mol. The lowest BCUT2D eigenvalue weighted by Gasteiger charge is -2.05. The topological polar surface area (TPSA) is 104 Å². The molecule has 0 atom stereocenters. The van der Waals surface area contributed by atoms with Crippen molar-refractivity contribution in [3.63, 3.8) is 0 Å². The van der Waals surface area contributed by atoms with Gasteiger partial charge in [0.2, 0.25) is 11.6 Å². The molecule has 0 radical (unpaired) electrons. The van der Waals surface area contributed by atoms with Gasteiger partial charge in [0.1, 0.15) is 5.69 Å². The number of nitrogens with two attached hydrogens (primary N) is 1. The van der Waals surface area contributed by atoms with Crippen molar-refractivity contribution in [1.82, 2.24) is 5.16 Å². The molecule has 2 N–H and O–H groups in total. The van der Waals surface area contributed by atoms with Gasteiger partial charge < -0.3 is 15.0 Å². The molecule has 0 unspecified atom stereocenters. The van der Waals surface area contributed by atoms with E-state index in [1.165, 1.54) is 19.2 Å². The summed E-state index contributed by atoms with van der Waals surface area (Å²) in [5.74, 6) is 0.263. The van der Waals surface area contributed by atoms with Gasteiger partial charge >= 0.3 is 5.69 Å². The van der Waals surface area contributed by atoms with E-state index >= 15 is 0 Å². The average Bonchev–Trinajstić information content (AvgIpc) is 2.74. The van der Waals surface area contributed by atoms with E-state index in [0.29, 0.717) is 11.3 Å². The number of para-hydroxylation sites is 1. The Balaban J connectivity index is 2.61. The third-order valence-corrected chi connectivity index (χ3v) is 2.20. The molecule has 7 nitrogen and oxygen atoms in total. The molecule has 0 aliphatic carbocycles. The van der Waals surface area contributed by atoms with Crippen molar-refractivity contribution in [1.29, 1.82) is 0 Å². The number of methoxy groups -OCH3 is 1. The summed E-state index contributed by atoms with van der Waals surface area (Å²) in [5.41, 5.74) is 6.12. The van der Waals surface area contributed by atoms with Crippen molar-refractivity contribution in [3.8, 4) is 17.0 Å². The largest absolute Gasteiger partial charge is 0.490 e. The molecular weight excluding hydrogens is 226 g/mol. The molecule has 0 saturated heterocycles. The first kappa shape index (κ1) is 10.9. The lowest BCUT2D eigenvalue weighted by atomic mass is 10.1. The number of hydrogen-bond donors (Lipinski definition) is 1. The van der Waals surface area contributed by atoms with Crippen molar-refractivity contribution in [2.75, 3.05) is 12.8 Å². The Kier molecular flexibility index (Phi) is 2.65. The molecule has 1 heterocycles.